The molecule has 1 aliphatic rings. The molecule has 1 saturated heterocycles. The normalized spacial score (nSPS) is 14.7. The number of benzene rings is 2. The van der Waals surface area contributed by atoms with Crippen LogP contribution in [0.25, 0.3) is 0 Å². The molecule has 1 aliphatic heterocycles. The number of nitrogens with two attached hydrogens (primary N) is 1. The van der Waals surface area contributed by atoms with Gasteiger partial charge in [-0.3, -0.25) is 19.8 Å². The fourth-order valence-corrected chi connectivity index (χ4v) is 3.24. The quantitative estimate of drug-likeness (QED) is 0.466. The number of ether oxygens (including phenoxy) is 1. The van der Waals surface area contributed by atoms with Crippen molar-refractivity contribution in [1.29, 1.82) is 0 Å². The van der Waals surface area contributed by atoms with E-state index in [9.17, 15) is 14.9 Å². The van der Waals surface area contributed by atoms with Gasteiger partial charge in [0.1, 0.15) is 11.4 Å². The fraction of sp³-hybridized carbons (Fsp3) is 0.350. The minimum absolute atomic E-state index is 0.0572. The Hall–Kier alpha value is -3.13. The molecule has 0 spiro atoms. The maximum atomic E-state index is 12.7. The number of hydrogen-bond donors (Lipinski definition) is 1. The molecule has 1 fully saturated rings. The number of nitrogens with zero attached hydrogens (tertiary/aromatic N) is 3. The fourth-order valence-electron chi connectivity index (χ4n) is 3.24. The van der Waals surface area contributed by atoms with Gasteiger partial charge in [0.15, 0.2) is 0 Å². The minimum atomic E-state index is -0.569. The number of anilines is 1. The highest BCUT2D eigenvalue weighted by Crippen LogP contribution is 2.23. The van der Waals surface area contributed by atoms with Gasteiger partial charge in [-0.1, -0.05) is 12.1 Å². The van der Waals surface area contributed by atoms with Crippen LogP contribution in [0.15, 0.2) is 42.5 Å². The lowest BCUT2D eigenvalue weighted by molar-refractivity contribution is -0.383. The van der Waals surface area contributed by atoms with Crippen molar-refractivity contribution in [3.8, 4) is 5.75 Å². The van der Waals surface area contributed by atoms with Gasteiger partial charge in [0.25, 0.3) is 11.6 Å². The smallest absolute Gasteiger partial charge is 0.292 e. The van der Waals surface area contributed by atoms with Crippen LogP contribution in [0.5, 0.6) is 5.75 Å². The summed E-state index contributed by atoms with van der Waals surface area (Å²) in [6.45, 7) is 6.06. The van der Waals surface area contributed by atoms with Gasteiger partial charge >= 0.3 is 0 Å². The van der Waals surface area contributed by atoms with Crippen molar-refractivity contribution in [3.63, 3.8) is 0 Å². The number of carbonyl (C=O) groups is 1. The molecule has 0 aromatic heterocycles. The summed E-state index contributed by atoms with van der Waals surface area (Å²) >= 11 is 0. The molecule has 2 N–H and O–H groups in total. The molecule has 8 heteroatoms. The summed E-state index contributed by atoms with van der Waals surface area (Å²) in [5.41, 5.74) is 6.91. The highest BCUT2D eigenvalue weighted by molar-refractivity contribution is 5.95. The van der Waals surface area contributed by atoms with Crippen molar-refractivity contribution in [2.45, 2.75) is 13.5 Å². The standard InChI is InChI=1S/C20H24N4O4/c1-2-28-17-6-3-15(4-7-17)14-22-9-11-23(12-10-22)20(25)16-5-8-18(21)19(13-16)24(26)27/h3-8,13H,2,9-12,14,21H2,1H3. The predicted octanol–water partition coefficient (Wildman–Crippen LogP) is 2.53. The van der Waals surface area contributed by atoms with Crippen molar-refractivity contribution >= 4 is 17.3 Å². The van der Waals surface area contributed by atoms with Crippen molar-refractivity contribution < 1.29 is 14.5 Å². The van der Waals surface area contributed by atoms with E-state index in [1.807, 2.05) is 19.1 Å². The van der Waals surface area contributed by atoms with Crippen LogP contribution >= 0.6 is 0 Å². The van der Waals surface area contributed by atoms with Crippen LogP contribution in [0.2, 0.25) is 0 Å². The van der Waals surface area contributed by atoms with Gasteiger partial charge in [0, 0.05) is 44.4 Å². The Morgan fingerprint density at radius 1 is 1.14 bits per heavy atom. The average Bonchev–Trinajstić information content (AvgIpc) is 2.70. The monoisotopic (exact) mass is 384 g/mol. The second-order valence-corrected chi connectivity index (χ2v) is 6.68. The molecular formula is C20H24N4O4. The van der Waals surface area contributed by atoms with E-state index in [0.717, 1.165) is 25.4 Å². The summed E-state index contributed by atoms with van der Waals surface area (Å²) in [6.07, 6.45) is 0. The molecule has 0 radical (unpaired) electrons. The van der Waals surface area contributed by atoms with Gasteiger partial charge in [-0.05, 0) is 36.8 Å². The third-order valence-electron chi connectivity index (χ3n) is 4.77. The Bertz CT molecular complexity index is 846. The molecule has 0 unspecified atom stereocenters. The second-order valence-electron chi connectivity index (χ2n) is 6.68. The SMILES string of the molecule is CCOc1ccc(CN2CCN(C(=O)c3ccc(N)c([N+](=O)[O-])c3)CC2)cc1. The Morgan fingerprint density at radius 2 is 1.82 bits per heavy atom. The third kappa shape index (κ3) is 4.58. The molecule has 0 aliphatic carbocycles. The molecule has 0 atom stereocenters. The summed E-state index contributed by atoms with van der Waals surface area (Å²) in [4.78, 5) is 27.2. The lowest BCUT2D eigenvalue weighted by atomic mass is 10.1. The average molecular weight is 384 g/mol. The van der Waals surface area contributed by atoms with E-state index >= 15 is 0 Å². The minimum Gasteiger partial charge on any atom is -0.494 e. The Morgan fingerprint density at radius 3 is 2.43 bits per heavy atom. The second kappa shape index (κ2) is 8.71. The van der Waals surface area contributed by atoms with E-state index < -0.39 is 4.92 Å². The van der Waals surface area contributed by atoms with Crippen molar-refractivity contribution in [2.24, 2.45) is 0 Å². The van der Waals surface area contributed by atoms with Crippen LogP contribution in [0.4, 0.5) is 11.4 Å². The number of hydrogen-bond acceptors (Lipinski definition) is 6. The van der Waals surface area contributed by atoms with E-state index in [2.05, 4.69) is 17.0 Å². The molecule has 2 aromatic carbocycles. The molecule has 0 bridgehead atoms. The molecule has 0 saturated carbocycles. The molecule has 28 heavy (non-hydrogen) atoms. The van der Waals surface area contributed by atoms with E-state index in [-0.39, 0.29) is 17.3 Å². The maximum absolute atomic E-state index is 12.7. The largest absolute Gasteiger partial charge is 0.494 e. The van der Waals surface area contributed by atoms with Gasteiger partial charge in [-0.2, -0.15) is 0 Å². The number of amides is 1. The van der Waals surface area contributed by atoms with Crippen LogP contribution in [0, 0.1) is 10.1 Å². The lowest BCUT2D eigenvalue weighted by Gasteiger charge is -2.34. The van der Waals surface area contributed by atoms with Gasteiger partial charge in [0.05, 0.1) is 11.5 Å². The first-order valence-corrected chi connectivity index (χ1v) is 9.25. The first-order chi connectivity index (χ1) is 13.5. The van der Waals surface area contributed by atoms with Crippen LogP contribution in [0.1, 0.15) is 22.8 Å². The highest BCUT2D eigenvalue weighted by atomic mass is 16.6. The van der Waals surface area contributed by atoms with Crippen molar-refractivity contribution in [3.05, 3.63) is 63.7 Å². The molecule has 1 heterocycles. The molecule has 148 valence electrons. The topological polar surface area (TPSA) is 102 Å². The number of rotatable bonds is 6. The summed E-state index contributed by atoms with van der Waals surface area (Å²) in [6, 6.07) is 12.2. The van der Waals surface area contributed by atoms with Crippen molar-refractivity contribution in [2.75, 3.05) is 38.5 Å². The van der Waals surface area contributed by atoms with Crippen LogP contribution in [-0.2, 0) is 6.54 Å². The zero-order chi connectivity index (χ0) is 20.1. The van der Waals surface area contributed by atoms with E-state index in [1.54, 1.807) is 4.90 Å². The van der Waals surface area contributed by atoms with Crippen LogP contribution < -0.4 is 10.5 Å². The number of piperazine rings is 1. The summed E-state index contributed by atoms with van der Waals surface area (Å²) in [7, 11) is 0. The predicted molar refractivity (Wildman–Crippen MR) is 106 cm³/mol. The molecule has 1 amide bonds. The summed E-state index contributed by atoms with van der Waals surface area (Å²) < 4.78 is 5.46. The molecule has 8 nitrogen and oxygen atoms in total. The Balaban J connectivity index is 1.57. The van der Waals surface area contributed by atoms with Crippen LogP contribution in [0.3, 0.4) is 0 Å². The molecule has 3 rings (SSSR count). The van der Waals surface area contributed by atoms with Gasteiger partial charge in [-0.15, -0.1) is 0 Å². The summed E-state index contributed by atoms with van der Waals surface area (Å²) in [5, 5.41) is 11.0. The number of carbonyl (C=O) groups excluding carboxylic acids is 1. The first-order valence-electron chi connectivity index (χ1n) is 9.25. The van der Waals surface area contributed by atoms with Gasteiger partial charge in [-0.25, -0.2) is 0 Å². The third-order valence-corrected chi connectivity index (χ3v) is 4.77. The molecular weight excluding hydrogens is 360 g/mol. The van der Waals surface area contributed by atoms with Crippen molar-refractivity contribution in [1.82, 2.24) is 9.80 Å². The lowest BCUT2D eigenvalue weighted by Crippen LogP contribution is -2.48. The maximum Gasteiger partial charge on any atom is 0.292 e. The number of nitrogen functional groups attached to an aromatic ring is 1. The number of nitro benzene ring substituents is 1. The zero-order valence-electron chi connectivity index (χ0n) is 15.8. The molecule has 2 aromatic rings. The first kappa shape index (κ1) is 19.6. The summed E-state index contributed by atoms with van der Waals surface area (Å²) in [5.74, 6) is 0.656. The highest BCUT2D eigenvalue weighted by Gasteiger charge is 2.24. The van der Waals surface area contributed by atoms with E-state index in [4.69, 9.17) is 10.5 Å². The van der Waals surface area contributed by atoms with E-state index in [0.29, 0.717) is 25.3 Å². The van der Waals surface area contributed by atoms with E-state index in [1.165, 1.54) is 23.8 Å². The Labute approximate surface area is 163 Å². The van der Waals surface area contributed by atoms with Gasteiger partial charge in [0.2, 0.25) is 0 Å². The zero-order valence-corrected chi connectivity index (χ0v) is 15.8. The number of nitro groups is 1. The van der Waals surface area contributed by atoms with Crippen LogP contribution in [-0.4, -0.2) is 53.4 Å². The van der Waals surface area contributed by atoms with Gasteiger partial charge < -0.3 is 15.4 Å². The Kier molecular flexibility index (Phi) is 6.10.